The van der Waals surface area contributed by atoms with E-state index in [4.69, 9.17) is 0 Å². The molecule has 0 saturated heterocycles. The molecular formula is C19H26BrNO4S2. The van der Waals surface area contributed by atoms with E-state index in [9.17, 15) is 13.2 Å². The Kier molecular flexibility index (Phi) is 7.16. The summed E-state index contributed by atoms with van der Waals surface area (Å²) >= 11 is 4.58. The molecule has 0 spiro atoms. The SMILES string of the molecule is COC(=O)CCC/C=C\C[C@@H]1[C@H]2CC[C@H](C2)[C@H]1NS(=O)(=O)c1ccc(Br)s1. The van der Waals surface area contributed by atoms with Gasteiger partial charge in [-0.05, 0) is 84.3 Å². The molecule has 2 fully saturated rings. The molecule has 0 aliphatic heterocycles. The monoisotopic (exact) mass is 475 g/mol. The summed E-state index contributed by atoms with van der Waals surface area (Å²) in [5.74, 6) is 1.24. The minimum Gasteiger partial charge on any atom is -0.469 e. The molecule has 0 aromatic carbocycles. The summed E-state index contributed by atoms with van der Waals surface area (Å²) in [6, 6.07) is 3.45. The minimum absolute atomic E-state index is 0.0225. The fraction of sp³-hybridized carbons (Fsp3) is 0.632. The predicted molar refractivity (Wildman–Crippen MR) is 110 cm³/mol. The molecule has 2 aliphatic rings. The first kappa shape index (κ1) is 21.0. The molecule has 1 N–H and O–H groups in total. The molecule has 3 rings (SSSR count). The second-order valence-electron chi connectivity index (χ2n) is 7.38. The number of methoxy groups -OCH3 is 1. The van der Waals surface area contributed by atoms with Crippen LogP contribution in [0.15, 0.2) is 32.3 Å². The van der Waals surface area contributed by atoms with Crippen LogP contribution in [-0.2, 0) is 19.6 Å². The average molecular weight is 476 g/mol. The van der Waals surface area contributed by atoms with Crippen molar-refractivity contribution >= 4 is 43.3 Å². The van der Waals surface area contributed by atoms with Crippen molar-refractivity contribution in [3.05, 3.63) is 28.1 Å². The molecule has 1 aromatic heterocycles. The third kappa shape index (κ3) is 5.22. The summed E-state index contributed by atoms with van der Waals surface area (Å²) in [5, 5.41) is 0. The van der Waals surface area contributed by atoms with Crippen molar-refractivity contribution < 1.29 is 17.9 Å². The van der Waals surface area contributed by atoms with Gasteiger partial charge >= 0.3 is 5.97 Å². The highest BCUT2D eigenvalue weighted by atomic mass is 79.9. The number of thiophene rings is 1. The number of fused-ring (bicyclic) bond motifs is 2. The number of sulfonamides is 1. The van der Waals surface area contributed by atoms with Crippen LogP contribution in [-0.4, -0.2) is 27.5 Å². The molecule has 1 aromatic rings. The zero-order chi connectivity index (χ0) is 19.4. The van der Waals surface area contributed by atoms with Gasteiger partial charge in [0.05, 0.1) is 10.9 Å². The zero-order valence-corrected chi connectivity index (χ0v) is 18.6. The Bertz CT molecular complexity index is 789. The van der Waals surface area contributed by atoms with E-state index in [2.05, 4.69) is 37.5 Å². The van der Waals surface area contributed by atoms with Crippen molar-refractivity contribution in [3.63, 3.8) is 0 Å². The molecule has 27 heavy (non-hydrogen) atoms. The largest absolute Gasteiger partial charge is 0.469 e. The third-order valence-electron chi connectivity index (χ3n) is 5.75. The lowest BCUT2D eigenvalue weighted by Crippen LogP contribution is -2.43. The molecular weight excluding hydrogens is 450 g/mol. The minimum atomic E-state index is -3.47. The number of ether oxygens (including phenoxy) is 1. The van der Waals surface area contributed by atoms with Gasteiger partial charge in [0.25, 0.3) is 0 Å². The van der Waals surface area contributed by atoms with Crippen molar-refractivity contribution in [2.75, 3.05) is 7.11 Å². The highest BCUT2D eigenvalue weighted by Gasteiger charge is 2.48. The number of esters is 1. The van der Waals surface area contributed by atoms with Gasteiger partial charge in [0.1, 0.15) is 4.21 Å². The van der Waals surface area contributed by atoms with Crippen LogP contribution >= 0.6 is 27.3 Å². The van der Waals surface area contributed by atoms with Crippen molar-refractivity contribution in [3.8, 4) is 0 Å². The van der Waals surface area contributed by atoms with Gasteiger partial charge in [-0.1, -0.05) is 12.2 Å². The van der Waals surface area contributed by atoms with Gasteiger partial charge in [-0.2, -0.15) is 0 Å². The van der Waals surface area contributed by atoms with E-state index < -0.39 is 10.0 Å². The molecule has 0 radical (unpaired) electrons. The first-order valence-electron chi connectivity index (χ1n) is 9.40. The van der Waals surface area contributed by atoms with Crippen LogP contribution in [0.2, 0.25) is 0 Å². The molecule has 0 amide bonds. The fourth-order valence-electron chi connectivity index (χ4n) is 4.45. The highest BCUT2D eigenvalue weighted by Crippen LogP contribution is 2.50. The van der Waals surface area contributed by atoms with E-state index in [0.29, 0.717) is 28.4 Å². The van der Waals surface area contributed by atoms with Crippen LogP contribution in [0.25, 0.3) is 0 Å². The van der Waals surface area contributed by atoms with Gasteiger partial charge in [0.2, 0.25) is 10.0 Å². The molecule has 8 heteroatoms. The molecule has 2 aliphatic carbocycles. The van der Waals surface area contributed by atoms with Gasteiger partial charge in [-0.3, -0.25) is 4.79 Å². The van der Waals surface area contributed by atoms with Gasteiger partial charge in [-0.25, -0.2) is 13.1 Å². The summed E-state index contributed by atoms with van der Waals surface area (Å²) in [4.78, 5) is 11.1. The van der Waals surface area contributed by atoms with Crippen LogP contribution < -0.4 is 4.72 Å². The lowest BCUT2D eigenvalue weighted by atomic mass is 9.83. The molecule has 150 valence electrons. The summed E-state index contributed by atoms with van der Waals surface area (Å²) < 4.78 is 34.3. The number of carbonyl (C=O) groups excluding carboxylic acids is 1. The number of rotatable bonds is 9. The number of nitrogens with one attached hydrogen (secondary N) is 1. The lowest BCUT2D eigenvalue weighted by molar-refractivity contribution is -0.140. The normalized spacial score (nSPS) is 27.5. The molecule has 2 saturated carbocycles. The molecule has 5 nitrogen and oxygen atoms in total. The van der Waals surface area contributed by atoms with Crippen molar-refractivity contribution in [1.29, 1.82) is 0 Å². The summed E-state index contributed by atoms with van der Waals surface area (Å²) in [6.07, 6.45) is 10.7. The predicted octanol–water partition coefficient (Wildman–Crippen LogP) is 4.49. The van der Waals surface area contributed by atoms with Crippen molar-refractivity contribution in [1.82, 2.24) is 4.72 Å². The van der Waals surface area contributed by atoms with Crippen LogP contribution in [0, 0.1) is 17.8 Å². The Morgan fingerprint density at radius 2 is 2.11 bits per heavy atom. The van der Waals surface area contributed by atoms with E-state index in [0.717, 1.165) is 35.9 Å². The van der Waals surface area contributed by atoms with Gasteiger partial charge in [-0.15, -0.1) is 11.3 Å². The summed E-state index contributed by atoms with van der Waals surface area (Å²) in [5.41, 5.74) is 0. The fourth-order valence-corrected chi connectivity index (χ4v) is 7.83. The quantitative estimate of drug-likeness (QED) is 0.324. The van der Waals surface area contributed by atoms with Crippen LogP contribution in [0.1, 0.15) is 44.9 Å². The van der Waals surface area contributed by atoms with E-state index in [1.54, 1.807) is 12.1 Å². The number of hydrogen-bond donors (Lipinski definition) is 1. The smallest absolute Gasteiger partial charge is 0.305 e. The number of unbranched alkanes of at least 4 members (excludes halogenated alkanes) is 1. The van der Waals surface area contributed by atoms with E-state index >= 15 is 0 Å². The maximum Gasteiger partial charge on any atom is 0.305 e. The molecule has 4 atom stereocenters. The highest BCUT2D eigenvalue weighted by molar-refractivity contribution is 9.11. The Morgan fingerprint density at radius 1 is 1.33 bits per heavy atom. The van der Waals surface area contributed by atoms with E-state index in [-0.39, 0.29) is 12.0 Å². The van der Waals surface area contributed by atoms with Gasteiger partial charge in [0, 0.05) is 12.5 Å². The first-order chi connectivity index (χ1) is 12.9. The number of carbonyl (C=O) groups is 1. The van der Waals surface area contributed by atoms with E-state index in [1.165, 1.54) is 24.9 Å². The zero-order valence-electron chi connectivity index (χ0n) is 15.4. The summed E-state index contributed by atoms with van der Waals surface area (Å²) in [7, 11) is -2.06. The standard InChI is InChI=1S/C19H26BrNO4S2/c1-25-17(22)7-5-3-2-4-6-15-13-8-9-14(12-13)19(15)21-27(23,24)18-11-10-16(20)26-18/h2,4,10-11,13-15,19,21H,3,5-9,12H2,1H3/b4-2-/t13-,14+,15+,19+/m0/s1. The first-order valence-corrected chi connectivity index (χ1v) is 12.5. The topological polar surface area (TPSA) is 72.5 Å². The number of halogens is 1. The Balaban J connectivity index is 1.57. The number of allylic oxidation sites excluding steroid dienone is 2. The maximum absolute atomic E-state index is 12.7. The Hall–Kier alpha value is -0.700. The van der Waals surface area contributed by atoms with Crippen LogP contribution in [0.3, 0.4) is 0 Å². The molecule has 2 bridgehead atoms. The Labute approximate surface area is 173 Å². The van der Waals surface area contributed by atoms with Crippen LogP contribution in [0.4, 0.5) is 0 Å². The lowest BCUT2D eigenvalue weighted by Gasteiger charge is -2.30. The number of hydrogen-bond acceptors (Lipinski definition) is 5. The molecule has 0 unspecified atom stereocenters. The summed E-state index contributed by atoms with van der Waals surface area (Å²) in [6.45, 7) is 0. The van der Waals surface area contributed by atoms with Crippen LogP contribution in [0.5, 0.6) is 0 Å². The second-order valence-corrected chi connectivity index (χ2v) is 11.8. The second kappa shape index (κ2) is 9.20. The Morgan fingerprint density at radius 3 is 2.81 bits per heavy atom. The van der Waals surface area contributed by atoms with E-state index in [1.807, 2.05) is 0 Å². The van der Waals surface area contributed by atoms with Crippen molar-refractivity contribution in [2.24, 2.45) is 17.8 Å². The van der Waals surface area contributed by atoms with Crippen molar-refractivity contribution in [2.45, 2.75) is 55.2 Å². The van der Waals surface area contributed by atoms with Gasteiger partial charge in [0.15, 0.2) is 0 Å². The van der Waals surface area contributed by atoms with Gasteiger partial charge < -0.3 is 4.74 Å². The third-order valence-corrected chi connectivity index (χ3v) is 9.32. The molecule has 1 heterocycles. The maximum atomic E-state index is 12.7. The average Bonchev–Trinajstić information content (AvgIpc) is 3.34.